The van der Waals surface area contributed by atoms with E-state index in [1.165, 1.54) is 34.0 Å². The summed E-state index contributed by atoms with van der Waals surface area (Å²) in [4.78, 5) is 12.2. The number of aromatic nitrogens is 1. The summed E-state index contributed by atoms with van der Waals surface area (Å²) in [5.74, 6) is 1.19. The van der Waals surface area contributed by atoms with Crippen molar-refractivity contribution in [2.75, 3.05) is 24.2 Å². The van der Waals surface area contributed by atoms with E-state index in [2.05, 4.69) is 57.7 Å². The van der Waals surface area contributed by atoms with Gasteiger partial charge in [0.15, 0.2) is 10.3 Å². The van der Waals surface area contributed by atoms with Gasteiger partial charge in [-0.3, -0.25) is 0 Å². The van der Waals surface area contributed by atoms with Gasteiger partial charge in [0.05, 0.1) is 15.9 Å². The highest BCUT2D eigenvalue weighted by Gasteiger charge is 2.33. The molecule has 0 amide bonds. The first-order chi connectivity index (χ1) is 13.4. The van der Waals surface area contributed by atoms with Crippen LogP contribution >= 0.6 is 23.1 Å². The lowest BCUT2D eigenvalue weighted by atomic mass is 10.1. The van der Waals surface area contributed by atoms with E-state index in [-0.39, 0.29) is 0 Å². The van der Waals surface area contributed by atoms with Crippen molar-refractivity contribution >= 4 is 49.3 Å². The molecule has 0 spiro atoms. The third kappa shape index (κ3) is 3.56. The van der Waals surface area contributed by atoms with Crippen LogP contribution in [0.4, 0.5) is 10.8 Å². The lowest BCUT2D eigenvalue weighted by Gasteiger charge is -2.17. The Balaban J connectivity index is 1.28. The molecule has 1 aromatic heterocycles. The van der Waals surface area contributed by atoms with E-state index in [9.17, 15) is 0 Å². The molecule has 2 aromatic carbocycles. The number of anilines is 1. The van der Waals surface area contributed by atoms with Crippen molar-refractivity contribution < 1.29 is 0 Å². The van der Waals surface area contributed by atoms with Crippen LogP contribution in [0.1, 0.15) is 18.4 Å². The van der Waals surface area contributed by atoms with Gasteiger partial charge in [0.2, 0.25) is 0 Å². The first-order valence-corrected chi connectivity index (χ1v) is 11.3. The van der Waals surface area contributed by atoms with E-state index in [0.29, 0.717) is 6.04 Å². The second-order valence-electron chi connectivity index (χ2n) is 6.99. The molecule has 1 N–H and O–H groups in total. The molecule has 138 valence electrons. The molecule has 0 aliphatic carbocycles. The van der Waals surface area contributed by atoms with Gasteiger partial charge < -0.3 is 10.2 Å². The number of thioether (sulfide) groups is 1. The number of amidine groups is 1. The normalized spacial score (nSPS) is 20.5. The molecule has 2 aliphatic rings. The van der Waals surface area contributed by atoms with Gasteiger partial charge in [-0.05, 0) is 43.0 Å². The average Bonchev–Trinajstić information content (AvgIpc) is 3.39. The van der Waals surface area contributed by atoms with Crippen molar-refractivity contribution in [2.24, 2.45) is 4.99 Å². The fourth-order valence-corrected chi connectivity index (χ4v) is 5.95. The molecule has 1 atom stereocenters. The van der Waals surface area contributed by atoms with E-state index < -0.39 is 0 Å². The van der Waals surface area contributed by atoms with E-state index >= 15 is 0 Å². The minimum Gasteiger partial charge on any atom is -0.361 e. The van der Waals surface area contributed by atoms with Crippen LogP contribution in [0.5, 0.6) is 0 Å². The SMILES string of the molecule is c1ccc(N=C2SC[C@@H]3CCCN23)c(CCNc2nc3ccccc3s2)c1. The molecule has 2 saturated heterocycles. The molecular weight excluding hydrogens is 372 g/mol. The van der Waals surface area contributed by atoms with Crippen molar-refractivity contribution in [3.63, 3.8) is 0 Å². The van der Waals surface area contributed by atoms with Crippen LogP contribution in [0.3, 0.4) is 0 Å². The summed E-state index contributed by atoms with van der Waals surface area (Å²) in [7, 11) is 0. The van der Waals surface area contributed by atoms with Crippen LogP contribution in [-0.2, 0) is 6.42 Å². The predicted molar refractivity (Wildman–Crippen MR) is 118 cm³/mol. The summed E-state index contributed by atoms with van der Waals surface area (Å²) in [6.45, 7) is 2.03. The number of nitrogens with one attached hydrogen (secondary N) is 1. The largest absolute Gasteiger partial charge is 0.361 e. The molecule has 3 heterocycles. The van der Waals surface area contributed by atoms with Crippen molar-refractivity contribution in [1.82, 2.24) is 9.88 Å². The summed E-state index contributed by atoms with van der Waals surface area (Å²) in [6.07, 6.45) is 3.56. The van der Waals surface area contributed by atoms with Crippen LogP contribution < -0.4 is 5.32 Å². The predicted octanol–water partition coefficient (Wildman–Crippen LogP) is 5.15. The van der Waals surface area contributed by atoms with Crippen molar-refractivity contribution in [3.05, 3.63) is 54.1 Å². The first kappa shape index (κ1) is 17.1. The Bertz CT molecular complexity index is 948. The fourth-order valence-electron chi connectivity index (χ4n) is 3.80. The van der Waals surface area contributed by atoms with Gasteiger partial charge in [0.25, 0.3) is 0 Å². The fraction of sp³-hybridized carbons (Fsp3) is 0.333. The Kier molecular flexibility index (Phi) is 4.76. The van der Waals surface area contributed by atoms with Gasteiger partial charge in [-0.15, -0.1) is 0 Å². The average molecular weight is 395 g/mol. The zero-order valence-corrected chi connectivity index (χ0v) is 16.7. The molecule has 2 aliphatic heterocycles. The van der Waals surface area contributed by atoms with Gasteiger partial charge in [-0.2, -0.15) is 0 Å². The Hall–Kier alpha value is -2.05. The van der Waals surface area contributed by atoms with Crippen LogP contribution in [0.25, 0.3) is 10.2 Å². The first-order valence-electron chi connectivity index (χ1n) is 9.52. The zero-order valence-electron chi connectivity index (χ0n) is 15.1. The second kappa shape index (κ2) is 7.52. The quantitative estimate of drug-likeness (QED) is 0.650. The third-order valence-electron chi connectivity index (χ3n) is 5.20. The summed E-state index contributed by atoms with van der Waals surface area (Å²) in [6, 6.07) is 17.5. The highest BCUT2D eigenvalue weighted by molar-refractivity contribution is 8.14. The highest BCUT2D eigenvalue weighted by Crippen LogP contribution is 2.34. The lowest BCUT2D eigenvalue weighted by molar-refractivity contribution is 0.440. The second-order valence-corrected chi connectivity index (χ2v) is 9.00. The van der Waals surface area contributed by atoms with Crippen LogP contribution in [0, 0.1) is 0 Å². The molecule has 0 radical (unpaired) electrons. The summed E-state index contributed by atoms with van der Waals surface area (Å²) >= 11 is 3.63. The van der Waals surface area contributed by atoms with E-state index in [1.54, 1.807) is 11.3 Å². The topological polar surface area (TPSA) is 40.5 Å². The van der Waals surface area contributed by atoms with Crippen molar-refractivity contribution in [2.45, 2.75) is 25.3 Å². The Labute approximate surface area is 167 Å². The lowest BCUT2D eigenvalue weighted by Crippen LogP contribution is -2.27. The van der Waals surface area contributed by atoms with Crippen molar-refractivity contribution in [1.29, 1.82) is 0 Å². The number of rotatable bonds is 5. The number of hydrogen-bond donors (Lipinski definition) is 1. The number of hydrogen-bond acceptors (Lipinski definition) is 5. The smallest absolute Gasteiger partial charge is 0.183 e. The minimum absolute atomic E-state index is 0.710. The van der Waals surface area contributed by atoms with Gasteiger partial charge in [-0.1, -0.05) is 53.4 Å². The molecule has 4 nitrogen and oxygen atoms in total. The summed E-state index contributed by atoms with van der Waals surface area (Å²) < 4.78 is 1.23. The molecular formula is C21H22N4S2. The van der Waals surface area contributed by atoms with E-state index in [4.69, 9.17) is 4.99 Å². The maximum Gasteiger partial charge on any atom is 0.183 e. The number of nitrogens with zero attached hydrogens (tertiary/aromatic N) is 3. The molecule has 0 saturated carbocycles. The van der Waals surface area contributed by atoms with Gasteiger partial charge in [0, 0.05) is 24.9 Å². The molecule has 2 fully saturated rings. The molecule has 0 unspecified atom stereocenters. The monoisotopic (exact) mass is 394 g/mol. The molecule has 3 aromatic rings. The van der Waals surface area contributed by atoms with Gasteiger partial charge in [0.1, 0.15) is 0 Å². The third-order valence-corrected chi connectivity index (χ3v) is 7.33. The van der Waals surface area contributed by atoms with Crippen molar-refractivity contribution in [3.8, 4) is 0 Å². The summed E-state index contributed by atoms with van der Waals surface area (Å²) in [5, 5.41) is 5.69. The number of thiazole rings is 1. The molecule has 5 rings (SSSR count). The Morgan fingerprint density at radius 2 is 2.04 bits per heavy atom. The minimum atomic E-state index is 0.710. The van der Waals surface area contributed by atoms with Gasteiger partial charge in [-0.25, -0.2) is 9.98 Å². The zero-order chi connectivity index (χ0) is 18.1. The van der Waals surface area contributed by atoms with Crippen LogP contribution in [-0.4, -0.2) is 39.9 Å². The van der Waals surface area contributed by atoms with E-state index in [1.807, 2.05) is 17.8 Å². The highest BCUT2D eigenvalue weighted by atomic mass is 32.2. The summed E-state index contributed by atoms with van der Waals surface area (Å²) in [5.41, 5.74) is 3.47. The van der Waals surface area contributed by atoms with Crippen LogP contribution in [0.2, 0.25) is 0 Å². The number of para-hydroxylation sites is 2. The Morgan fingerprint density at radius 3 is 3.00 bits per heavy atom. The van der Waals surface area contributed by atoms with Crippen LogP contribution in [0.15, 0.2) is 53.5 Å². The number of aliphatic imine (C=N–C) groups is 1. The standard InChI is InChI=1S/C21H22N4S2/c1-2-8-17(24-21-25-13-5-7-16(25)14-26-21)15(6-1)11-12-22-20-23-18-9-3-4-10-19(18)27-20/h1-4,6,8-10,16H,5,7,11-14H2,(H,22,23)/t16-/m0/s1. The molecule has 6 heteroatoms. The molecule has 0 bridgehead atoms. The number of benzene rings is 2. The molecule has 27 heavy (non-hydrogen) atoms. The Morgan fingerprint density at radius 1 is 1.15 bits per heavy atom. The maximum atomic E-state index is 5.03. The number of fused-ring (bicyclic) bond motifs is 2. The maximum absolute atomic E-state index is 5.03. The van der Waals surface area contributed by atoms with Gasteiger partial charge >= 0.3 is 0 Å². The van der Waals surface area contributed by atoms with E-state index in [0.717, 1.165) is 35.8 Å².